The van der Waals surface area contributed by atoms with Crippen molar-refractivity contribution >= 4 is 27.6 Å². The van der Waals surface area contributed by atoms with Gasteiger partial charge in [0, 0.05) is 17.7 Å². The zero-order valence-electron chi connectivity index (χ0n) is 17.1. The molecule has 3 aromatic rings. The van der Waals surface area contributed by atoms with Crippen LogP contribution in [0.2, 0.25) is 5.02 Å². The maximum atomic E-state index is 12.6. The van der Waals surface area contributed by atoms with Crippen molar-refractivity contribution in [3.05, 3.63) is 57.5 Å². The molecule has 0 saturated heterocycles. The van der Waals surface area contributed by atoms with Crippen LogP contribution in [0.1, 0.15) is 23.2 Å². The number of hydrogen-bond donors (Lipinski definition) is 2. The average Bonchev–Trinajstić information content (AvgIpc) is 3.50. The first-order chi connectivity index (χ1) is 15.2. The van der Waals surface area contributed by atoms with Crippen molar-refractivity contribution in [1.82, 2.24) is 19.5 Å². The Balaban J connectivity index is 1.74. The lowest BCUT2D eigenvalue weighted by atomic mass is 10.2. The molecule has 1 fully saturated rings. The second kappa shape index (κ2) is 8.41. The summed E-state index contributed by atoms with van der Waals surface area (Å²) < 4.78 is 38.7. The summed E-state index contributed by atoms with van der Waals surface area (Å²) in [5.74, 6) is -0.310. The van der Waals surface area contributed by atoms with Crippen LogP contribution in [0.3, 0.4) is 0 Å². The Kier molecular flexibility index (Phi) is 5.80. The van der Waals surface area contributed by atoms with Crippen LogP contribution in [0.25, 0.3) is 17.1 Å². The number of nitrogens with zero attached hydrogens (tertiary/aromatic N) is 2. The molecular weight excluding hydrogens is 460 g/mol. The third kappa shape index (κ3) is 4.27. The van der Waals surface area contributed by atoms with Crippen molar-refractivity contribution in [2.24, 2.45) is 0 Å². The summed E-state index contributed by atoms with van der Waals surface area (Å²) in [6, 6.07) is 8.54. The number of carbonyl (C=O) groups excluding carboxylic acids is 1. The fourth-order valence-corrected chi connectivity index (χ4v) is 4.59. The molecule has 0 radical (unpaired) electrons. The number of sulfonamides is 1. The number of carbonyl (C=O) groups is 1. The van der Waals surface area contributed by atoms with Gasteiger partial charge in [-0.3, -0.25) is 4.98 Å². The number of aromatic amines is 1. The lowest BCUT2D eigenvalue weighted by Gasteiger charge is -2.09. The second-order valence-electron chi connectivity index (χ2n) is 7.10. The van der Waals surface area contributed by atoms with Crippen molar-refractivity contribution in [2.75, 3.05) is 14.2 Å². The molecule has 0 atom stereocenters. The van der Waals surface area contributed by atoms with Gasteiger partial charge in [0.25, 0.3) is 0 Å². The Hall–Kier alpha value is -3.15. The van der Waals surface area contributed by atoms with Gasteiger partial charge in [-0.05, 0) is 43.2 Å². The van der Waals surface area contributed by atoms with Crippen LogP contribution >= 0.6 is 11.6 Å². The zero-order chi connectivity index (χ0) is 23.0. The van der Waals surface area contributed by atoms with Gasteiger partial charge in [-0.25, -0.2) is 22.7 Å². The quantitative estimate of drug-likeness (QED) is 0.497. The molecule has 12 heteroatoms. The third-order valence-corrected chi connectivity index (χ3v) is 6.70. The number of halogens is 1. The number of benzene rings is 2. The average molecular weight is 479 g/mol. The SMILES string of the molecule is COC(=O)c1ccc(-n2nc(-c3cc(S(=O)(=O)NC4CC4)ccc3Cl)[nH]c2=O)cc1OC. The van der Waals surface area contributed by atoms with Crippen LogP contribution in [0.15, 0.2) is 46.1 Å². The molecule has 0 spiro atoms. The molecule has 10 nitrogen and oxygen atoms in total. The van der Waals surface area contributed by atoms with Gasteiger partial charge in [0.15, 0.2) is 5.82 Å². The lowest BCUT2D eigenvalue weighted by molar-refractivity contribution is 0.0597. The number of esters is 1. The van der Waals surface area contributed by atoms with Crippen LogP contribution < -0.4 is 15.1 Å². The Labute approximate surface area is 188 Å². The van der Waals surface area contributed by atoms with Crippen molar-refractivity contribution < 1.29 is 22.7 Å². The molecule has 2 aromatic carbocycles. The van der Waals surface area contributed by atoms with Gasteiger partial charge in [0.1, 0.15) is 11.3 Å². The Morgan fingerprint density at radius 2 is 1.97 bits per heavy atom. The number of hydrogen-bond acceptors (Lipinski definition) is 7. The highest BCUT2D eigenvalue weighted by atomic mass is 35.5. The Morgan fingerprint density at radius 1 is 1.22 bits per heavy atom. The van der Waals surface area contributed by atoms with Gasteiger partial charge >= 0.3 is 11.7 Å². The van der Waals surface area contributed by atoms with Gasteiger partial charge < -0.3 is 9.47 Å². The number of H-pyrrole nitrogens is 1. The molecule has 2 N–H and O–H groups in total. The van der Waals surface area contributed by atoms with E-state index in [2.05, 4.69) is 14.8 Å². The minimum absolute atomic E-state index is 0.0169. The predicted octanol–water partition coefficient (Wildman–Crippen LogP) is 2.12. The zero-order valence-corrected chi connectivity index (χ0v) is 18.7. The van der Waals surface area contributed by atoms with Crippen LogP contribution in [-0.2, 0) is 14.8 Å². The molecule has 1 aliphatic carbocycles. The highest BCUT2D eigenvalue weighted by Crippen LogP contribution is 2.30. The lowest BCUT2D eigenvalue weighted by Crippen LogP contribution is -2.25. The monoisotopic (exact) mass is 478 g/mol. The smallest absolute Gasteiger partial charge is 0.348 e. The van der Waals surface area contributed by atoms with Crippen LogP contribution in [0, 0.1) is 0 Å². The minimum Gasteiger partial charge on any atom is -0.496 e. The number of methoxy groups -OCH3 is 2. The molecule has 1 saturated carbocycles. The van der Waals surface area contributed by atoms with E-state index in [4.69, 9.17) is 21.1 Å². The summed E-state index contributed by atoms with van der Waals surface area (Å²) in [4.78, 5) is 27.0. The van der Waals surface area contributed by atoms with Crippen LogP contribution in [0.4, 0.5) is 0 Å². The molecular formula is C20H19ClN4O6S. The highest BCUT2D eigenvalue weighted by molar-refractivity contribution is 7.89. The van der Waals surface area contributed by atoms with Crippen LogP contribution in [-0.4, -0.2) is 49.4 Å². The van der Waals surface area contributed by atoms with Gasteiger partial charge in [0.05, 0.1) is 29.8 Å². The number of ether oxygens (including phenoxy) is 2. The van der Waals surface area contributed by atoms with E-state index in [0.29, 0.717) is 5.69 Å². The Bertz CT molecular complexity index is 1360. The van der Waals surface area contributed by atoms with E-state index in [-0.39, 0.29) is 38.7 Å². The highest BCUT2D eigenvalue weighted by Gasteiger charge is 2.28. The topological polar surface area (TPSA) is 132 Å². The van der Waals surface area contributed by atoms with Crippen molar-refractivity contribution in [1.29, 1.82) is 0 Å². The van der Waals surface area contributed by atoms with E-state index in [1.54, 1.807) is 0 Å². The van der Waals surface area contributed by atoms with E-state index in [9.17, 15) is 18.0 Å². The van der Waals surface area contributed by atoms with Gasteiger partial charge in [-0.2, -0.15) is 4.68 Å². The number of rotatable bonds is 7. The first kappa shape index (κ1) is 22.1. The predicted molar refractivity (Wildman–Crippen MR) is 116 cm³/mol. The van der Waals surface area contributed by atoms with E-state index in [1.807, 2.05) is 0 Å². The first-order valence-electron chi connectivity index (χ1n) is 9.52. The first-order valence-corrected chi connectivity index (χ1v) is 11.4. The molecule has 32 heavy (non-hydrogen) atoms. The minimum atomic E-state index is -3.72. The maximum absolute atomic E-state index is 12.6. The standard InChI is InChI=1S/C20H19ClN4O6S/c1-30-17-9-12(5-7-14(17)19(26)31-2)25-20(27)22-18(23-25)15-10-13(6-8-16(15)21)32(28,29)24-11-3-4-11/h5-11,24H,3-4H2,1-2H3,(H,22,23,27). The molecule has 1 heterocycles. The molecule has 0 unspecified atom stereocenters. The summed E-state index contributed by atoms with van der Waals surface area (Å²) in [5.41, 5.74) is 0.164. The Morgan fingerprint density at radius 3 is 2.62 bits per heavy atom. The summed E-state index contributed by atoms with van der Waals surface area (Å²) >= 11 is 6.27. The molecule has 4 rings (SSSR count). The summed E-state index contributed by atoms with van der Waals surface area (Å²) in [6.07, 6.45) is 1.60. The van der Waals surface area contributed by atoms with Crippen LogP contribution in [0.5, 0.6) is 5.75 Å². The van der Waals surface area contributed by atoms with Gasteiger partial charge in [-0.15, -0.1) is 5.10 Å². The van der Waals surface area contributed by atoms with Crippen molar-refractivity contribution in [3.63, 3.8) is 0 Å². The van der Waals surface area contributed by atoms with Crippen molar-refractivity contribution in [2.45, 2.75) is 23.8 Å². The number of nitrogens with one attached hydrogen (secondary N) is 2. The summed E-state index contributed by atoms with van der Waals surface area (Å²) in [7, 11) is -1.09. The number of aromatic nitrogens is 3. The van der Waals surface area contributed by atoms with E-state index in [0.717, 1.165) is 17.5 Å². The summed E-state index contributed by atoms with van der Waals surface area (Å²) in [5, 5.41) is 4.47. The van der Waals surface area contributed by atoms with Gasteiger partial charge in [0.2, 0.25) is 10.0 Å². The molecule has 1 aromatic heterocycles. The summed E-state index contributed by atoms with van der Waals surface area (Å²) in [6.45, 7) is 0. The molecule has 1 aliphatic rings. The van der Waals surface area contributed by atoms with E-state index < -0.39 is 21.7 Å². The second-order valence-corrected chi connectivity index (χ2v) is 9.23. The largest absolute Gasteiger partial charge is 0.496 e. The fourth-order valence-electron chi connectivity index (χ4n) is 3.05. The molecule has 0 aliphatic heterocycles. The van der Waals surface area contributed by atoms with Gasteiger partial charge in [-0.1, -0.05) is 11.6 Å². The fraction of sp³-hybridized carbons (Fsp3) is 0.250. The van der Waals surface area contributed by atoms with E-state index in [1.165, 1.54) is 50.6 Å². The molecule has 0 bridgehead atoms. The molecule has 168 valence electrons. The third-order valence-electron chi connectivity index (χ3n) is 4.86. The normalized spacial score (nSPS) is 13.7. The molecule has 0 amide bonds. The van der Waals surface area contributed by atoms with E-state index >= 15 is 0 Å². The maximum Gasteiger partial charge on any atom is 0.348 e. The van der Waals surface area contributed by atoms with Crippen molar-refractivity contribution in [3.8, 4) is 22.8 Å².